The Bertz CT molecular complexity index is 550. The van der Waals surface area contributed by atoms with Crippen LogP contribution in [-0.2, 0) is 10.0 Å². The van der Waals surface area contributed by atoms with Crippen LogP contribution < -0.4 is 4.74 Å². The number of hydrogen-bond acceptors (Lipinski definition) is 3. The quantitative estimate of drug-likeness (QED) is 0.862. The number of ether oxygens (including phenoxy) is 1. The third-order valence-corrected chi connectivity index (χ3v) is 6.04. The average Bonchev–Trinajstić information content (AvgIpc) is 2.66. The molecule has 1 aromatic rings. The molecule has 0 unspecified atom stereocenters. The Balaban J connectivity index is 2.43. The van der Waals surface area contributed by atoms with Gasteiger partial charge in [-0.05, 0) is 49.9 Å². The summed E-state index contributed by atoms with van der Waals surface area (Å²) in [6, 6.07) is 3.58. The van der Waals surface area contributed by atoms with Gasteiger partial charge in [0.25, 0.3) is 0 Å². The van der Waals surface area contributed by atoms with E-state index in [1.807, 2.05) is 13.8 Å². The Morgan fingerprint density at radius 3 is 1.95 bits per heavy atom. The van der Waals surface area contributed by atoms with Crippen molar-refractivity contribution in [2.24, 2.45) is 0 Å². The predicted octanol–water partition coefficient (Wildman–Crippen LogP) is 2.88. The number of sulfonamides is 1. The Morgan fingerprint density at radius 1 is 1.00 bits per heavy atom. The summed E-state index contributed by atoms with van der Waals surface area (Å²) in [6.07, 6.45) is 4.14. The molecule has 0 aliphatic carbocycles. The molecule has 0 atom stereocenters. The Morgan fingerprint density at radius 2 is 1.50 bits per heavy atom. The number of nitrogens with zero attached hydrogens (tertiary/aromatic N) is 1. The van der Waals surface area contributed by atoms with E-state index in [1.165, 1.54) is 0 Å². The van der Waals surface area contributed by atoms with E-state index in [4.69, 9.17) is 4.74 Å². The van der Waals surface area contributed by atoms with Crippen molar-refractivity contribution in [1.82, 2.24) is 4.31 Å². The van der Waals surface area contributed by atoms with Crippen LogP contribution in [0.3, 0.4) is 0 Å². The van der Waals surface area contributed by atoms with E-state index >= 15 is 0 Å². The maximum Gasteiger partial charge on any atom is 0.243 e. The van der Waals surface area contributed by atoms with Crippen molar-refractivity contribution in [1.29, 1.82) is 0 Å². The zero-order chi connectivity index (χ0) is 14.8. The molecule has 1 aromatic carbocycles. The zero-order valence-electron chi connectivity index (χ0n) is 12.5. The van der Waals surface area contributed by atoms with Gasteiger partial charge in [0.15, 0.2) is 0 Å². The molecule has 1 saturated heterocycles. The third kappa shape index (κ3) is 2.99. The van der Waals surface area contributed by atoms with Gasteiger partial charge >= 0.3 is 0 Å². The molecule has 1 fully saturated rings. The minimum absolute atomic E-state index is 0.445. The third-order valence-electron chi connectivity index (χ3n) is 3.83. The van der Waals surface area contributed by atoms with Crippen LogP contribution in [0.15, 0.2) is 17.0 Å². The summed E-state index contributed by atoms with van der Waals surface area (Å²) in [6.45, 7) is 4.93. The number of benzene rings is 1. The highest BCUT2D eigenvalue weighted by Gasteiger charge is 2.28. The highest BCUT2D eigenvalue weighted by atomic mass is 32.2. The molecule has 0 bridgehead atoms. The van der Waals surface area contributed by atoms with Gasteiger partial charge < -0.3 is 4.74 Å². The van der Waals surface area contributed by atoms with Crippen LogP contribution in [0.25, 0.3) is 0 Å². The van der Waals surface area contributed by atoms with E-state index in [0.29, 0.717) is 23.7 Å². The summed E-state index contributed by atoms with van der Waals surface area (Å²) >= 11 is 0. The second-order valence-electron chi connectivity index (χ2n) is 5.41. The number of aryl methyl sites for hydroxylation is 2. The fraction of sp³-hybridized carbons (Fsp3) is 0.600. The zero-order valence-corrected chi connectivity index (χ0v) is 13.3. The molecule has 1 heterocycles. The van der Waals surface area contributed by atoms with Crippen molar-refractivity contribution in [3.05, 3.63) is 23.3 Å². The van der Waals surface area contributed by atoms with Crippen LogP contribution in [0.5, 0.6) is 5.75 Å². The second-order valence-corrected chi connectivity index (χ2v) is 7.28. The van der Waals surface area contributed by atoms with Gasteiger partial charge in [0.1, 0.15) is 5.75 Å². The van der Waals surface area contributed by atoms with E-state index < -0.39 is 10.0 Å². The standard InChI is InChI=1S/C15H23NO3S/c1-12-10-14(19-3)11-13(2)15(12)20(17,18)16-8-6-4-5-7-9-16/h10-11H,4-9H2,1-3H3. The summed E-state index contributed by atoms with van der Waals surface area (Å²) in [5.41, 5.74) is 1.51. The van der Waals surface area contributed by atoms with Crippen molar-refractivity contribution in [2.45, 2.75) is 44.4 Å². The van der Waals surface area contributed by atoms with Crippen molar-refractivity contribution >= 4 is 10.0 Å². The molecular formula is C15H23NO3S. The second kappa shape index (κ2) is 6.14. The summed E-state index contributed by atoms with van der Waals surface area (Å²) in [7, 11) is -1.80. The SMILES string of the molecule is COc1cc(C)c(S(=O)(=O)N2CCCCCC2)c(C)c1. The Kier molecular flexibility index (Phi) is 4.70. The molecule has 0 radical (unpaired) electrons. The molecule has 0 N–H and O–H groups in total. The lowest BCUT2D eigenvalue weighted by Gasteiger charge is -2.22. The molecule has 0 spiro atoms. The lowest BCUT2D eigenvalue weighted by atomic mass is 10.1. The highest BCUT2D eigenvalue weighted by molar-refractivity contribution is 7.89. The molecule has 5 heteroatoms. The summed E-state index contributed by atoms with van der Waals surface area (Å²) < 4.78 is 32.6. The van der Waals surface area contributed by atoms with E-state index in [0.717, 1.165) is 36.8 Å². The monoisotopic (exact) mass is 297 g/mol. The van der Waals surface area contributed by atoms with E-state index in [2.05, 4.69) is 0 Å². The summed E-state index contributed by atoms with van der Waals surface area (Å²) in [5, 5.41) is 0. The normalized spacial score (nSPS) is 17.8. The molecule has 0 aromatic heterocycles. The van der Waals surface area contributed by atoms with Crippen molar-refractivity contribution in [3.8, 4) is 5.75 Å². The van der Waals surface area contributed by atoms with Gasteiger partial charge in [-0.2, -0.15) is 4.31 Å². The first-order valence-corrected chi connectivity index (χ1v) is 8.56. The van der Waals surface area contributed by atoms with Crippen molar-refractivity contribution < 1.29 is 13.2 Å². The van der Waals surface area contributed by atoms with Crippen molar-refractivity contribution in [2.75, 3.05) is 20.2 Å². The molecular weight excluding hydrogens is 274 g/mol. The van der Waals surface area contributed by atoms with Crippen LogP contribution in [-0.4, -0.2) is 32.9 Å². The minimum Gasteiger partial charge on any atom is -0.497 e. The molecule has 20 heavy (non-hydrogen) atoms. The first-order valence-electron chi connectivity index (χ1n) is 7.12. The van der Waals surface area contributed by atoms with Crippen LogP contribution in [0, 0.1) is 13.8 Å². The first kappa shape index (κ1) is 15.3. The van der Waals surface area contributed by atoms with Crippen LogP contribution in [0.1, 0.15) is 36.8 Å². The maximum atomic E-state index is 12.9. The van der Waals surface area contributed by atoms with Crippen molar-refractivity contribution in [3.63, 3.8) is 0 Å². The largest absolute Gasteiger partial charge is 0.497 e. The van der Waals surface area contributed by atoms with Crippen LogP contribution in [0.4, 0.5) is 0 Å². The summed E-state index contributed by atoms with van der Waals surface area (Å²) in [5.74, 6) is 0.704. The fourth-order valence-electron chi connectivity index (χ4n) is 2.85. The number of methoxy groups -OCH3 is 1. The molecule has 1 aliphatic heterocycles. The minimum atomic E-state index is -3.39. The smallest absolute Gasteiger partial charge is 0.243 e. The Labute approximate surface area is 121 Å². The topological polar surface area (TPSA) is 46.6 Å². The molecule has 1 aliphatic rings. The summed E-state index contributed by atoms with van der Waals surface area (Å²) in [4.78, 5) is 0.445. The number of rotatable bonds is 3. The average molecular weight is 297 g/mol. The maximum absolute atomic E-state index is 12.9. The lowest BCUT2D eigenvalue weighted by Crippen LogP contribution is -2.32. The van der Waals surface area contributed by atoms with E-state index in [1.54, 1.807) is 23.5 Å². The van der Waals surface area contributed by atoms with Crippen LogP contribution in [0.2, 0.25) is 0 Å². The number of hydrogen-bond donors (Lipinski definition) is 0. The van der Waals surface area contributed by atoms with E-state index in [9.17, 15) is 8.42 Å². The van der Waals surface area contributed by atoms with Gasteiger partial charge in [0.2, 0.25) is 10.0 Å². The lowest BCUT2D eigenvalue weighted by molar-refractivity contribution is 0.412. The van der Waals surface area contributed by atoms with Crippen LogP contribution >= 0.6 is 0 Å². The van der Waals surface area contributed by atoms with Gasteiger partial charge in [-0.15, -0.1) is 0 Å². The van der Waals surface area contributed by atoms with E-state index in [-0.39, 0.29) is 0 Å². The first-order chi connectivity index (χ1) is 9.46. The van der Waals surface area contributed by atoms with Gasteiger partial charge in [0.05, 0.1) is 12.0 Å². The highest BCUT2D eigenvalue weighted by Crippen LogP contribution is 2.29. The predicted molar refractivity (Wildman–Crippen MR) is 79.7 cm³/mol. The van der Waals surface area contributed by atoms with Gasteiger partial charge in [-0.1, -0.05) is 12.8 Å². The molecule has 112 valence electrons. The Hall–Kier alpha value is -1.07. The fourth-order valence-corrected chi connectivity index (χ4v) is 4.78. The molecule has 0 amide bonds. The van der Waals surface area contributed by atoms with Gasteiger partial charge in [-0.3, -0.25) is 0 Å². The molecule has 0 saturated carbocycles. The van der Waals surface area contributed by atoms with Gasteiger partial charge in [0, 0.05) is 13.1 Å². The van der Waals surface area contributed by atoms with Gasteiger partial charge in [-0.25, -0.2) is 8.42 Å². The molecule has 4 nitrogen and oxygen atoms in total. The molecule has 2 rings (SSSR count).